The first kappa shape index (κ1) is 15.5. The average Bonchev–Trinajstić information content (AvgIpc) is 2.66. The lowest BCUT2D eigenvalue weighted by molar-refractivity contribution is 1.35. The van der Waals surface area contributed by atoms with Gasteiger partial charge in [-0.15, -0.1) is 0 Å². The molecule has 0 amide bonds. The highest BCUT2D eigenvalue weighted by atomic mass is 79.9. The van der Waals surface area contributed by atoms with Crippen molar-refractivity contribution in [3.05, 3.63) is 84.2 Å². The predicted octanol–water partition coefficient (Wildman–Crippen LogP) is 6.40. The van der Waals surface area contributed by atoms with Crippen molar-refractivity contribution in [2.75, 3.05) is 0 Å². The maximum absolute atomic E-state index is 4.72. The number of halogens is 2. The summed E-state index contributed by atoms with van der Waals surface area (Å²) in [7, 11) is 0. The van der Waals surface area contributed by atoms with E-state index in [9.17, 15) is 0 Å². The van der Waals surface area contributed by atoms with Gasteiger partial charge in [0.25, 0.3) is 0 Å². The summed E-state index contributed by atoms with van der Waals surface area (Å²) in [5.74, 6) is 0. The molecule has 116 valence electrons. The van der Waals surface area contributed by atoms with Crippen molar-refractivity contribution in [2.45, 2.75) is 0 Å². The zero-order chi connectivity index (χ0) is 16.5. The fraction of sp³-hybridized carbons (Fsp3) is 0. The summed E-state index contributed by atoms with van der Waals surface area (Å²) in [6.07, 6.45) is 0. The molecule has 4 aromatic rings. The van der Waals surface area contributed by atoms with Crippen LogP contribution in [-0.2, 0) is 0 Å². The van der Waals surface area contributed by atoms with Crippen LogP contribution < -0.4 is 0 Å². The van der Waals surface area contributed by atoms with Crippen molar-refractivity contribution in [2.24, 2.45) is 0 Å². The molecule has 2 nitrogen and oxygen atoms in total. The van der Waals surface area contributed by atoms with Gasteiger partial charge in [-0.05, 0) is 56.1 Å². The number of fused-ring (bicyclic) bond motifs is 2. The second-order valence-corrected chi connectivity index (χ2v) is 6.99. The number of nitrogens with zero attached hydrogens (tertiary/aromatic N) is 2. The van der Waals surface area contributed by atoms with Crippen LogP contribution in [0.4, 0.5) is 0 Å². The second-order valence-electron chi connectivity index (χ2n) is 5.41. The number of hydrogen-bond donors (Lipinski definition) is 0. The van der Waals surface area contributed by atoms with E-state index in [0.29, 0.717) is 0 Å². The van der Waals surface area contributed by atoms with E-state index in [4.69, 9.17) is 9.97 Å². The van der Waals surface area contributed by atoms with Crippen molar-refractivity contribution < 1.29 is 0 Å². The van der Waals surface area contributed by atoms with Crippen molar-refractivity contribution in [1.82, 2.24) is 9.97 Å². The summed E-state index contributed by atoms with van der Waals surface area (Å²) < 4.78 is 1.77. The Kier molecular flexibility index (Phi) is 4.17. The molecule has 2 aromatic heterocycles. The molecular weight excluding hydrogens is 428 g/mol. The zero-order valence-corrected chi connectivity index (χ0v) is 15.8. The van der Waals surface area contributed by atoms with E-state index in [0.717, 1.165) is 42.2 Å². The van der Waals surface area contributed by atoms with Gasteiger partial charge in [0.2, 0.25) is 0 Å². The highest BCUT2D eigenvalue weighted by molar-refractivity contribution is 9.18. The van der Waals surface area contributed by atoms with Crippen LogP contribution in [0.3, 0.4) is 0 Å². The van der Waals surface area contributed by atoms with Crippen LogP contribution in [0.5, 0.6) is 0 Å². The minimum atomic E-state index is 0.871. The Morgan fingerprint density at radius 1 is 0.542 bits per heavy atom. The Hall–Kier alpha value is -2.04. The van der Waals surface area contributed by atoms with E-state index >= 15 is 0 Å². The summed E-state index contributed by atoms with van der Waals surface area (Å²) in [4.78, 5) is 9.44. The fourth-order valence-electron chi connectivity index (χ4n) is 2.60. The van der Waals surface area contributed by atoms with E-state index in [1.54, 1.807) is 0 Å². The Labute approximate surface area is 156 Å². The first-order chi connectivity index (χ1) is 11.7. The lowest BCUT2D eigenvalue weighted by Gasteiger charge is -2.07. The van der Waals surface area contributed by atoms with Crippen LogP contribution in [0.1, 0.15) is 11.4 Å². The first-order valence-corrected chi connectivity index (χ1v) is 9.08. The molecule has 0 spiro atoms. The molecule has 0 radical (unpaired) electrons. The van der Waals surface area contributed by atoms with Gasteiger partial charge in [0.05, 0.1) is 31.4 Å². The number of benzene rings is 2. The average molecular weight is 440 g/mol. The molecule has 0 aliphatic heterocycles. The Morgan fingerprint density at radius 3 is 1.42 bits per heavy atom. The van der Waals surface area contributed by atoms with Gasteiger partial charge >= 0.3 is 0 Å². The number of rotatable bonds is 2. The van der Waals surface area contributed by atoms with Gasteiger partial charge in [0, 0.05) is 10.8 Å². The van der Waals surface area contributed by atoms with Crippen LogP contribution in [-0.4, -0.2) is 9.97 Å². The lowest BCUT2D eigenvalue weighted by Crippen LogP contribution is -1.90. The van der Waals surface area contributed by atoms with E-state index in [-0.39, 0.29) is 0 Å². The standard InChI is InChI=1S/C20H12Br2N2/c21-19(17-11-9-13-5-1-3-7-15(13)23-17)20(22)18-12-10-14-6-2-4-8-16(14)24-18/h1-12H/b20-19+. The molecule has 4 rings (SSSR count). The minimum Gasteiger partial charge on any atom is -0.247 e. The molecule has 0 unspecified atom stereocenters. The van der Waals surface area contributed by atoms with Gasteiger partial charge in [-0.1, -0.05) is 48.5 Å². The predicted molar refractivity (Wildman–Crippen MR) is 108 cm³/mol. The molecule has 2 heterocycles. The molecule has 4 heteroatoms. The maximum Gasteiger partial charge on any atom is 0.0791 e. The number of aromatic nitrogens is 2. The van der Waals surface area contributed by atoms with Crippen molar-refractivity contribution in [3.8, 4) is 0 Å². The molecule has 0 saturated heterocycles. The van der Waals surface area contributed by atoms with Gasteiger partial charge in [0.15, 0.2) is 0 Å². The Balaban J connectivity index is 1.82. The van der Waals surface area contributed by atoms with Crippen LogP contribution in [0, 0.1) is 0 Å². The monoisotopic (exact) mass is 438 g/mol. The van der Waals surface area contributed by atoms with Crippen LogP contribution in [0.15, 0.2) is 72.8 Å². The van der Waals surface area contributed by atoms with Gasteiger partial charge in [-0.3, -0.25) is 0 Å². The molecule has 0 atom stereocenters. The molecule has 24 heavy (non-hydrogen) atoms. The van der Waals surface area contributed by atoms with Gasteiger partial charge in [-0.2, -0.15) is 0 Å². The van der Waals surface area contributed by atoms with Crippen molar-refractivity contribution in [3.63, 3.8) is 0 Å². The molecule has 2 aromatic carbocycles. The Bertz CT molecular complexity index is 1000. The second kappa shape index (κ2) is 6.46. The summed E-state index contributed by atoms with van der Waals surface area (Å²) in [5, 5.41) is 2.25. The first-order valence-electron chi connectivity index (χ1n) is 7.50. The number of pyridine rings is 2. The molecule has 0 bridgehead atoms. The van der Waals surface area contributed by atoms with Gasteiger partial charge < -0.3 is 0 Å². The molecule has 0 aliphatic carbocycles. The number of hydrogen-bond acceptors (Lipinski definition) is 2. The SMILES string of the molecule is Br/C(=C(/Br)c1ccc2ccccc2n1)c1ccc2ccccc2n1. The topological polar surface area (TPSA) is 25.8 Å². The quantitative estimate of drug-likeness (QED) is 0.361. The summed E-state index contributed by atoms with van der Waals surface area (Å²) in [6, 6.07) is 24.3. The number of para-hydroxylation sites is 2. The highest BCUT2D eigenvalue weighted by Crippen LogP contribution is 2.35. The third kappa shape index (κ3) is 2.87. The van der Waals surface area contributed by atoms with Crippen molar-refractivity contribution >= 4 is 62.6 Å². The molecule has 0 fully saturated rings. The van der Waals surface area contributed by atoms with E-state index in [1.807, 2.05) is 48.5 Å². The van der Waals surface area contributed by atoms with Crippen LogP contribution in [0.25, 0.3) is 30.8 Å². The van der Waals surface area contributed by atoms with E-state index in [1.165, 1.54) is 0 Å². The summed E-state index contributed by atoms with van der Waals surface area (Å²) in [6.45, 7) is 0. The largest absolute Gasteiger partial charge is 0.247 e. The van der Waals surface area contributed by atoms with Gasteiger partial charge in [0.1, 0.15) is 0 Å². The third-order valence-electron chi connectivity index (χ3n) is 3.84. The summed E-state index contributed by atoms with van der Waals surface area (Å²) in [5.41, 5.74) is 3.68. The fourth-order valence-corrected chi connectivity index (χ4v) is 3.45. The normalized spacial score (nSPS) is 12.4. The van der Waals surface area contributed by atoms with Crippen LogP contribution >= 0.6 is 31.9 Å². The molecule has 0 saturated carbocycles. The summed E-state index contributed by atoms with van der Waals surface area (Å²) >= 11 is 7.34. The highest BCUT2D eigenvalue weighted by Gasteiger charge is 2.10. The molecule has 0 N–H and O–H groups in total. The third-order valence-corrected chi connectivity index (χ3v) is 5.98. The smallest absolute Gasteiger partial charge is 0.0791 e. The van der Waals surface area contributed by atoms with Crippen LogP contribution in [0.2, 0.25) is 0 Å². The van der Waals surface area contributed by atoms with E-state index in [2.05, 4.69) is 56.1 Å². The Morgan fingerprint density at radius 2 is 0.958 bits per heavy atom. The maximum atomic E-state index is 4.72. The van der Waals surface area contributed by atoms with Gasteiger partial charge in [-0.25, -0.2) is 9.97 Å². The minimum absolute atomic E-state index is 0.871. The molecular formula is C20H12Br2N2. The molecule has 0 aliphatic rings. The zero-order valence-electron chi connectivity index (χ0n) is 12.6. The van der Waals surface area contributed by atoms with Crippen molar-refractivity contribution in [1.29, 1.82) is 0 Å². The van der Waals surface area contributed by atoms with E-state index < -0.39 is 0 Å². The lowest BCUT2D eigenvalue weighted by atomic mass is 10.2.